The minimum Gasteiger partial charge on any atom is -0.496 e. The molecule has 0 saturated carbocycles. The third-order valence-corrected chi connectivity index (χ3v) is 7.35. The van der Waals surface area contributed by atoms with Crippen LogP contribution in [0.4, 0.5) is 0 Å². The first-order valence-corrected chi connectivity index (χ1v) is 13.2. The van der Waals surface area contributed by atoms with Gasteiger partial charge in [0, 0.05) is 36.2 Å². The molecule has 0 spiro atoms. The molecule has 2 aromatic carbocycles. The van der Waals surface area contributed by atoms with Crippen molar-refractivity contribution in [2.24, 2.45) is 0 Å². The number of amides is 1. The van der Waals surface area contributed by atoms with E-state index in [-0.39, 0.29) is 12.0 Å². The second kappa shape index (κ2) is 10.3. The lowest BCUT2D eigenvalue weighted by Crippen LogP contribution is -2.61. The Kier molecular flexibility index (Phi) is 6.66. The fraction of sp³-hybridized carbons (Fsp3) is 0.323. The number of hydrogen-bond donors (Lipinski definition) is 1. The van der Waals surface area contributed by atoms with Crippen molar-refractivity contribution in [2.75, 3.05) is 33.4 Å². The van der Waals surface area contributed by atoms with Crippen LogP contribution in [0.2, 0.25) is 0 Å². The number of carbonyl (C=O) groups is 1. The number of carbonyl (C=O) groups excluding carboxylic acids is 1. The molecule has 1 N–H and O–H groups in total. The SMILES string of the molecule is COc1cc(C(=O)N2CC(C)(O)C2)ccc1-c1cc2nccc(-c3ccc(OC4CCOCC4)c(C#N)c3)c2o1. The normalized spacial score (nSPS) is 16.8. The minimum atomic E-state index is -0.842. The number of rotatable bonds is 6. The van der Waals surface area contributed by atoms with E-state index in [1.54, 1.807) is 49.4 Å². The standard InChI is InChI=1S/C31H29N3O6/c1-31(36)17-34(18-31)30(35)20-3-5-24(27(14-20)37-2)28-15-25-29(40-28)23(7-10-33-25)19-4-6-26(21(13-19)16-32)39-22-8-11-38-12-9-22/h3-7,10,13-15,22,36H,8-9,11-12,17-18H2,1-2H3. The molecule has 4 aromatic rings. The first-order valence-electron chi connectivity index (χ1n) is 13.2. The fourth-order valence-corrected chi connectivity index (χ4v) is 5.29. The van der Waals surface area contributed by atoms with Crippen molar-refractivity contribution in [2.45, 2.75) is 31.5 Å². The molecule has 9 nitrogen and oxygen atoms in total. The summed E-state index contributed by atoms with van der Waals surface area (Å²) in [5.41, 5.74) is 3.58. The van der Waals surface area contributed by atoms with E-state index in [4.69, 9.17) is 18.6 Å². The van der Waals surface area contributed by atoms with Crippen molar-refractivity contribution in [3.05, 3.63) is 65.9 Å². The molecular formula is C31H29N3O6. The molecule has 0 aliphatic carbocycles. The van der Waals surface area contributed by atoms with Crippen LogP contribution in [0.5, 0.6) is 11.5 Å². The number of methoxy groups -OCH3 is 1. The van der Waals surface area contributed by atoms with E-state index >= 15 is 0 Å². The highest BCUT2D eigenvalue weighted by Gasteiger charge is 2.39. The number of pyridine rings is 1. The maximum Gasteiger partial charge on any atom is 0.254 e. The van der Waals surface area contributed by atoms with Gasteiger partial charge >= 0.3 is 0 Å². The summed E-state index contributed by atoms with van der Waals surface area (Å²) in [5.74, 6) is 1.42. The predicted molar refractivity (Wildman–Crippen MR) is 147 cm³/mol. The van der Waals surface area contributed by atoms with E-state index < -0.39 is 5.60 Å². The van der Waals surface area contributed by atoms with Gasteiger partial charge in [-0.3, -0.25) is 9.78 Å². The second-order valence-electron chi connectivity index (χ2n) is 10.5. The number of likely N-dealkylation sites (tertiary alicyclic amines) is 1. The maximum absolute atomic E-state index is 12.8. The molecule has 2 saturated heterocycles. The van der Waals surface area contributed by atoms with Crippen molar-refractivity contribution >= 4 is 17.0 Å². The van der Waals surface area contributed by atoms with E-state index in [0.717, 1.165) is 24.0 Å². The van der Waals surface area contributed by atoms with Crippen LogP contribution in [0.1, 0.15) is 35.7 Å². The summed E-state index contributed by atoms with van der Waals surface area (Å²) in [5, 5.41) is 19.8. The quantitative estimate of drug-likeness (QED) is 0.371. The summed E-state index contributed by atoms with van der Waals surface area (Å²) in [6.07, 6.45) is 3.33. The molecule has 0 bridgehead atoms. The Morgan fingerprint density at radius 3 is 2.62 bits per heavy atom. The third-order valence-electron chi connectivity index (χ3n) is 7.35. The monoisotopic (exact) mass is 539 g/mol. The number of ether oxygens (including phenoxy) is 3. The van der Waals surface area contributed by atoms with Crippen LogP contribution in [-0.4, -0.2) is 66.0 Å². The molecule has 204 valence electrons. The largest absolute Gasteiger partial charge is 0.496 e. The lowest BCUT2D eigenvalue weighted by atomic mass is 9.95. The molecule has 2 aromatic heterocycles. The van der Waals surface area contributed by atoms with Gasteiger partial charge in [0.15, 0.2) is 5.58 Å². The molecule has 0 radical (unpaired) electrons. The van der Waals surface area contributed by atoms with Gasteiger partial charge in [-0.15, -0.1) is 0 Å². The Hall–Kier alpha value is -4.39. The summed E-state index contributed by atoms with van der Waals surface area (Å²) < 4.78 is 23.5. The third kappa shape index (κ3) is 4.88. The zero-order chi connectivity index (χ0) is 27.9. The van der Waals surface area contributed by atoms with Crippen LogP contribution in [0.25, 0.3) is 33.6 Å². The lowest BCUT2D eigenvalue weighted by molar-refractivity contribution is -0.0668. The van der Waals surface area contributed by atoms with Crippen molar-refractivity contribution in [1.29, 1.82) is 5.26 Å². The zero-order valence-corrected chi connectivity index (χ0v) is 22.3. The number of benzene rings is 2. The predicted octanol–water partition coefficient (Wildman–Crippen LogP) is 4.81. The van der Waals surface area contributed by atoms with E-state index in [2.05, 4.69) is 11.1 Å². The summed E-state index contributed by atoms with van der Waals surface area (Å²) in [7, 11) is 1.54. The van der Waals surface area contributed by atoms with Gasteiger partial charge in [-0.1, -0.05) is 6.07 Å². The summed E-state index contributed by atoms with van der Waals surface area (Å²) in [4.78, 5) is 18.9. The van der Waals surface area contributed by atoms with Crippen LogP contribution in [0.15, 0.2) is 59.1 Å². The first-order chi connectivity index (χ1) is 19.3. The zero-order valence-electron chi connectivity index (χ0n) is 22.3. The molecule has 9 heteroatoms. The van der Waals surface area contributed by atoms with Gasteiger partial charge in [-0.05, 0) is 48.9 Å². The minimum absolute atomic E-state index is 0.0319. The molecule has 40 heavy (non-hydrogen) atoms. The number of furan rings is 1. The van der Waals surface area contributed by atoms with Crippen molar-refractivity contribution in [3.63, 3.8) is 0 Å². The van der Waals surface area contributed by atoms with Crippen LogP contribution in [0.3, 0.4) is 0 Å². The highest BCUT2D eigenvalue weighted by Crippen LogP contribution is 2.39. The second-order valence-corrected chi connectivity index (χ2v) is 10.5. The molecule has 6 rings (SSSR count). The van der Waals surface area contributed by atoms with Crippen molar-refractivity contribution in [3.8, 4) is 40.0 Å². The Bertz CT molecular complexity index is 1620. The number of aromatic nitrogens is 1. The molecule has 2 aliphatic heterocycles. The topological polar surface area (TPSA) is 118 Å². The number of fused-ring (bicyclic) bond motifs is 1. The van der Waals surface area contributed by atoms with Gasteiger partial charge in [-0.25, -0.2) is 0 Å². The van der Waals surface area contributed by atoms with E-state index in [9.17, 15) is 15.2 Å². The van der Waals surface area contributed by atoms with E-state index in [1.807, 2.05) is 24.3 Å². The van der Waals surface area contributed by atoms with Crippen LogP contribution < -0.4 is 9.47 Å². The number of hydrogen-bond acceptors (Lipinski definition) is 8. The van der Waals surface area contributed by atoms with Crippen molar-refractivity contribution < 1.29 is 28.5 Å². The average Bonchev–Trinajstić information content (AvgIpc) is 3.40. The molecule has 0 unspecified atom stereocenters. The van der Waals surface area contributed by atoms with Gasteiger partial charge in [0.25, 0.3) is 5.91 Å². The summed E-state index contributed by atoms with van der Waals surface area (Å²) >= 11 is 0. The van der Waals surface area contributed by atoms with Crippen LogP contribution in [-0.2, 0) is 4.74 Å². The first kappa shape index (κ1) is 25.9. The Morgan fingerprint density at radius 2 is 1.90 bits per heavy atom. The average molecular weight is 540 g/mol. The molecule has 0 atom stereocenters. The molecular weight excluding hydrogens is 510 g/mol. The Balaban J connectivity index is 1.31. The number of nitriles is 1. The summed E-state index contributed by atoms with van der Waals surface area (Å²) in [6, 6.07) is 16.7. The van der Waals surface area contributed by atoms with E-state index in [0.29, 0.717) is 71.4 Å². The smallest absolute Gasteiger partial charge is 0.254 e. The number of β-amino-alcohol motifs (C(OH)–C–C–N with tert-alkyl or cyclic N) is 1. The van der Waals surface area contributed by atoms with E-state index in [1.165, 1.54) is 0 Å². The van der Waals surface area contributed by atoms with Gasteiger partial charge in [0.2, 0.25) is 0 Å². The fourth-order valence-electron chi connectivity index (χ4n) is 5.29. The Labute approximate surface area is 231 Å². The van der Waals surface area contributed by atoms with Gasteiger partial charge in [-0.2, -0.15) is 5.26 Å². The number of nitrogens with zero attached hydrogens (tertiary/aromatic N) is 3. The molecule has 4 heterocycles. The lowest BCUT2D eigenvalue weighted by Gasteiger charge is -2.44. The Morgan fingerprint density at radius 1 is 1.10 bits per heavy atom. The van der Waals surface area contributed by atoms with Gasteiger partial charge < -0.3 is 28.6 Å². The van der Waals surface area contributed by atoms with Crippen LogP contribution in [0, 0.1) is 11.3 Å². The summed E-state index contributed by atoms with van der Waals surface area (Å²) in [6.45, 7) is 3.62. The number of aliphatic hydroxyl groups is 1. The highest BCUT2D eigenvalue weighted by molar-refractivity contribution is 5.97. The van der Waals surface area contributed by atoms with Gasteiger partial charge in [0.1, 0.15) is 34.9 Å². The molecule has 1 amide bonds. The van der Waals surface area contributed by atoms with Gasteiger partial charge in [0.05, 0.1) is 50.1 Å². The molecule has 2 fully saturated rings. The highest BCUT2D eigenvalue weighted by atomic mass is 16.5. The maximum atomic E-state index is 12.8. The molecule has 2 aliphatic rings. The van der Waals surface area contributed by atoms with Crippen LogP contribution >= 0.6 is 0 Å². The van der Waals surface area contributed by atoms with Crippen molar-refractivity contribution in [1.82, 2.24) is 9.88 Å².